The van der Waals surface area contributed by atoms with Gasteiger partial charge >= 0.3 is 0 Å². The van der Waals surface area contributed by atoms with Crippen LogP contribution in [0.2, 0.25) is 0 Å². The van der Waals surface area contributed by atoms with E-state index >= 15 is 0 Å². The zero-order valence-electron chi connectivity index (χ0n) is 13.4. The van der Waals surface area contributed by atoms with Crippen molar-refractivity contribution >= 4 is 0 Å². The Kier molecular flexibility index (Phi) is 5.51. The Labute approximate surface area is 127 Å². The van der Waals surface area contributed by atoms with Gasteiger partial charge in [-0.1, -0.05) is 18.6 Å². The van der Waals surface area contributed by atoms with E-state index in [1.807, 2.05) is 12.1 Å². The quantitative estimate of drug-likeness (QED) is 0.781. The van der Waals surface area contributed by atoms with Crippen LogP contribution in [0.5, 0.6) is 17.2 Å². The number of benzene rings is 1. The number of ether oxygens (including phenoxy) is 3. The molecule has 0 fully saturated rings. The number of nitrogens with one attached hydrogen (secondary N) is 1. The van der Waals surface area contributed by atoms with Crippen LogP contribution >= 0.6 is 0 Å². The maximum atomic E-state index is 5.46. The molecule has 2 rings (SSSR count). The summed E-state index contributed by atoms with van der Waals surface area (Å²) in [5.74, 6) is 2.04. The lowest BCUT2D eigenvalue weighted by Gasteiger charge is -2.22. The predicted octanol–water partition coefficient (Wildman–Crippen LogP) is 3.47. The standard InChI is InChI=1S/C17H25NO3/c1-5-18-16(12-8-6-7-9-12)13-10-14(19-2)17(21-4)15(11-13)20-3/h8,10-11,16,18H,5-7,9H2,1-4H3. The molecule has 1 unspecified atom stereocenters. The van der Waals surface area contributed by atoms with E-state index in [1.165, 1.54) is 18.4 Å². The molecule has 1 aromatic carbocycles. The molecule has 4 nitrogen and oxygen atoms in total. The molecule has 1 aromatic rings. The first-order valence-electron chi connectivity index (χ1n) is 7.47. The van der Waals surface area contributed by atoms with Crippen LogP contribution in [0.15, 0.2) is 23.8 Å². The molecule has 1 N–H and O–H groups in total. The molecule has 1 aliphatic carbocycles. The van der Waals surface area contributed by atoms with Gasteiger partial charge < -0.3 is 19.5 Å². The van der Waals surface area contributed by atoms with E-state index in [4.69, 9.17) is 14.2 Å². The lowest BCUT2D eigenvalue weighted by Crippen LogP contribution is -2.22. The number of likely N-dealkylation sites (N-methyl/N-ethyl adjacent to an activating group) is 1. The molecule has 0 bridgehead atoms. The van der Waals surface area contributed by atoms with Gasteiger partial charge in [0.15, 0.2) is 11.5 Å². The van der Waals surface area contributed by atoms with Crippen molar-refractivity contribution in [3.05, 3.63) is 29.3 Å². The highest BCUT2D eigenvalue weighted by molar-refractivity contribution is 5.55. The maximum Gasteiger partial charge on any atom is 0.203 e. The van der Waals surface area contributed by atoms with Crippen LogP contribution < -0.4 is 19.5 Å². The third-order valence-electron chi connectivity index (χ3n) is 3.88. The van der Waals surface area contributed by atoms with Crippen molar-refractivity contribution in [2.45, 2.75) is 32.2 Å². The van der Waals surface area contributed by atoms with Gasteiger partial charge in [0, 0.05) is 0 Å². The van der Waals surface area contributed by atoms with Gasteiger partial charge in [0.1, 0.15) is 0 Å². The first-order valence-corrected chi connectivity index (χ1v) is 7.47. The van der Waals surface area contributed by atoms with E-state index in [-0.39, 0.29) is 6.04 Å². The van der Waals surface area contributed by atoms with Gasteiger partial charge in [0.25, 0.3) is 0 Å². The second-order valence-electron chi connectivity index (χ2n) is 5.12. The third-order valence-corrected chi connectivity index (χ3v) is 3.88. The van der Waals surface area contributed by atoms with Crippen molar-refractivity contribution in [3.63, 3.8) is 0 Å². The number of allylic oxidation sites excluding steroid dienone is 1. The van der Waals surface area contributed by atoms with Crippen LogP contribution in [-0.2, 0) is 0 Å². The van der Waals surface area contributed by atoms with Crippen molar-refractivity contribution in [3.8, 4) is 17.2 Å². The average molecular weight is 291 g/mol. The number of hydrogen-bond donors (Lipinski definition) is 1. The Morgan fingerprint density at radius 1 is 1.10 bits per heavy atom. The maximum absolute atomic E-state index is 5.46. The van der Waals surface area contributed by atoms with Gasteiger partial charge in [-0.05, 0) is 43.5 Å². The Bertz CT molecular complexity index is 486. The van der Waals surface area contributed by atoms with Gasteiger partial charge in [-0.2, -0.15) is 0 Å². The molecule has 0 aliphatic heterocycles. The summed E-state index contributed by atoms with van der Waals surface area (Å²) in [5, 5.41) is 3.56. The van der Waals surface area contributed by atoms with E-state index in [1.54, 1.807) is 21.3 Å². The first-order chi connectivity index (χ1) is 10.2. The van der Waals surface area contributed by atoms with E-state index in [9.17, 15) is 0 Å². The lowest BCUT2D eigenvalue weighted by atomic mass is 9.97. The van der Waals surface area contributed by atoms with Crippen LogP contribution in [0.3, 0.4) is 0 Å². The van der Waals surface area contributed by atoms with Crippen LogP contribution in [-0.4, -0.2) is 27.9 Å². The van der Waals surface area contributed by atoms with Gasteiger partial charge in [-0.15, -0.1) is 0 Å². The molecule has 116 valence electrons. The summed E-state index contributed by atoms with van der Waals surface area (Å²) in [7, 11) is 4.93. The highest BCUT2D eigenvalue weighted by Gasteiger charge is 2.22. The molecule has 0 heterocycles. The predicted molar refractivity (Wildman–Crippen MR) is 84.4 cm³/mol. The highest BCUT2D eigenvalue weighted by Crippen LogP contribution is 2.41. The van der Waals surface area contributed by atoms with Crippen LogP contribution in [0.4, 0.5) is 0 Å². The number of rotatable bonds is 7. The molecule has 21 heavy (non-hydrogen) atoms. The van der Waals surface area contributed by atoms with Crippen molar-refractivity contribution in [2.75, 3.05) is 27.9 Å². The summed E-state index contributed by atoms with van der Waals surface area (Å²) in [5.41, 5.74) is 2.60. The summed E-state index contributed by atoms with van der Waals surface area (Å²) < 4.78 is 16.3. The minimum absolute atomic E-state index is 0.214. The average Bonchev–Trinajstić information content (AvgIpc) is 3.05. The summed E-state index contributed by atoms with van der Waals surface area (Å²) in [4.78, 5) is 0. The van der Waals surface area contributed by atoms with E-state index in [0.717, 1.165) is 18.5 Å². The molecule has 0 saturated heterocycles. The van der Waals surface area contributed by atoms with Gasteiger partial charge in [-0.25, -0.2) is 0 Å². The summed E-state index contributed by atoms with van der Waals surface area (Å²) in [6.07, 6.45) is 5.90. The third kappa shape index (κ3) is 3.32. The van der Waals surface area contributed by atoms with Gasteiger partial charge in [0.2, 0.25) is 5.75 Å². The Hall–Kier alpha value is -1.68. The Morgan fingerprint density at radius 3 is 2.19 bits per heavy atom. The van der Waals surface area contributed by atoms with E-state index in [0.29, 0.717) is 17.2 Å². The van der Waals surface area contributed by atoms with Crippen LogP contribution in [0, 0.1) is 0 Å². The normalized spacial score (nSPS) is 15.5. The highest BCUT2D eigenvalue weighted by atomic mass is 16.5. The fourth-order valence-corrected chi connectivity index (χ4v) is 2.89. The largest absolute Gasteiger partial charge is 0.493 e. The molecular formula is C17H25NO3. The topological polar surface area (TPSA) is 39.7 Å². The summed E-state index contributed by atoms with van der Waals surface area (Å²) in [6.45, 7) is 3.04. The first kappa shape index (κ1) is 15.7. The Morgan fingerprint density at radius 2 is 1.76 bits per heavy atom. The second kappa shape index (κ2) is 7.36. The lowest BCUT2D eigenvalue weighted by molar-refractivity contribution is 0.323. The summed E-state index contributed by atoms with van der Waals surface area (Å²) >= 11 is 0. The van der Waals surface area contributed by atoms with Gasteiger partial charge in [0.05, 0.1) is 27.4 Å². The molecule has 0 aromatic heterocycles. The minimum Gasteiger partial charge on any atom is -0.493 e. The van der Waals surface area contributed by atoms with Gasteiger partial charge in [-0.3, -0.25) is 0 Å². The van der Waals surface area contributed by atoms with E-state index < -0.39 is 0 Å². The number of methoxy groups -OCH3 is 3. The fraction of sp³-hybridized carbons (Fsp3) is 0.529. The van der Waals surface area contributed by atoms with Crippen LogP contribution in [0.25, 0.3) is 0 Å². The minimum atomic E-state index is 0.214. The molecule has 1 atom stereocenters. The molecule has 4 heteroatoms. The molecule has 0 spiro atoms. The fourth-order valence-electron chi connectivity index (χ4n) is 2.89. The van der Waals surface area contributed by atoms with Crippen molar-refractivity contribution < 1.29 is 14.2 Å². The van der Waals surface area contributed by atoms with Crippen LogP contribution in [0.1, 0.15) is 37.8 Å². The molecule has 0 radical (unpaired) electrons. The smallest absolute Gasteiger partial charge is 0.203 e. The van der Waals surface area contributed by atoms with Crippen molar-refractivity contribution in [1.82, 2.24) is 5.32 Å². The molecule has 1 aliphatic rings. The van der Waals surface area contributed by atoms with E-state index in [2.05, 4.69) is 18.3 Å². The monoisotopic (exact) mass is 291 g/mol. The molecule has 0 saturated carbocycles. The molecular weight excluding hydrogens is 266 g/mol. The SMILES string of the molecule is CCNC(C1=CCCC1)c1cc(OC)c(OC)c(OC)c1. The number of hydrogen-bond acceptors (Lipinski definition) is 4. The van der Waals surface area contributed by atoms with Crippen molar-refractivity contribution in [1.29, 1.82) is 0 Å². The van der Waals surface area contributed by atoms with Crippen molar-refractivity contribution in [2.24, 2.45) is 0 Å². The molecule has 0 amide bonds. The Balaban J connectivity index is 2.44. The zero-order valence-corrected chi connectivity index (χ0v) is 13.4. The summed E-state index contributed by atoms with van der Waals surface area (Å²) in [6, 6.07) is 4.29. The zero-order chi connectivity index (χ0) is 15.2. The second-order valence-corrected chi connectivity index (χ2v) is 5.12.